The zero-order valence-electron chi connectivity index (χ0n) is 14.9. The van der Waals surface area contributed by atoms with Crippen molar-refractivity contribution in [2.45, 2.75) is 32.7 Å². The van der Waals surface area contributed by atoms with E-state index in [1.807, 2.05) is 55.5 Å². The van der Waals surface area contributed by atoms with Gasteiger partial charge in [0.25, 0.3) is 5.91 Å². The van der Waals surface area contributed by atoms with E-state index >= 15 is 0 Å². The Bertz CT molecular complexity index is 968. The molecular formula is C20H19ClN4O2. The maximum absolute atomic E-state index is 12.6. The number of carbonyl (C=O) groups is 1. The molecule has 0 fully saturated rings. The van der Waals surface area contributed by atoms with E-state index in [9.17, 15) is 4.79 Å². The summed E-state index contributed by atoms with van der Waals surface area (Å²) < 4.78 is 7.68. The van der Waals surface area contributed by atoms with Gasteiger partial charge in [-0.3, -0.25) is 4.79 Å². The van der Waals surface area contributed by atoms with E-state index in [-0.39, 0.29) is 18.6 Å². The Labute approximate surface area is 162 Å². The molecule has 1 N–H and O–H groups in total. The van der Waals surface area contributed by atoms with Crippen molar-refractivity contribution in [1.29, 1.82) is 0 Å². The third-order valence-corrected chi connectivity index (χ3v) is 5.01. The zero-order chi connectivity index (χ0) is 18.8. The number of halogens is 1. The van der Waals surface area contributed by atoms with Gasteiger partial charge < -0.3 is 10.1 Å². The van der Waals surface area contributed by atoms with Crippen molar-refractivity contribution in [3.05, 3.63) is 81.6 Å². The topological polar surface area (TPSA) is 69.0 Å². The first-order valence-corrected chi connectivity index (χ1v) is 9.12. The van der Waals surface area contributed by atoms with Gasteiger partial charge in [0, 0.05) is 11.6 Å². The smallest absolute Gasteiger partial charge is 0.274 e. The van der Waals surface area contributed by atoms with Gasteiger partial charge in [0.1, 0.15) is 6.10 Å². The Kier molecular flexibility index (Phi) is 4.92. The Morgan fingerprint density at radius 3 is 2.81 bits per heavy atom. The molecule has 0 spiro atoms. The molecule has 0 saturated heterocycles. The molecule has 7 heteroatoms. The van der Waals surface area contributed by atoms with Crippen molar-refractivity contribution in [2.75, 3.05) is 0 Å². The van der Waals surface area contributed by atoms with Crippen LogP contribution in [-0.4, -0.2) is 20.9 Å². The number of fused-ring (bicyclic) bond motifs is 1. The summed E-state index contributed by atoms with van der Waals surface area (Å²) >= 11 is 5.94. The number of benzene rings is 2. The van der Waals surface area contributed by atoms with Gasteiger partial charge in [-0.05, 0) is 35.7 Å². The molecule has 1 aromatic heterocycles. The Morgan fingerprint density at radius 1 is 1.26 bits per heavy atom. The van der Waals surface area contributed by atoms with Crippen LogP contribution in [0.5, 0.6) is 0 Å². The molecule has 0 bridgehead atoms. The minimum atomic E-state index is -0.243. The summed E-state index contributed by atoms with van der Waals surface area (Å²) in [5.41, 5.74) is 4.25. The number of amides is 1. The number of hydrogen-bond donors (Lipinski definition) is 1. The highest BCUT2D eigenvalue weighted by Crippen LogP contribution is 2.27. The maximum atomic E-state index is 12.6. The Hall–Kier alpha value is -2.70. The van der Waals surface area contributed by atoms with E-state index in [0.29, 0.717) is 29.5 Å². The fourth-order valence-corrected chi connectivity index (χ4v) is 3.26. The van der Waals surface area contributed by atoms with Gasteiger partial charge >= 0.3 is 0 Å². The second-order valence-electron chi connectivity index (χ2n) is 6.53. The largest absolute Gasteiger partial charge is 0.365 e. The van der Waals surface area contributed by atoms with Crippen LogP contribution < -0.4 is 5.32 Å². The average Bonchev–Trinajstić information content (AvgIpc) is 3.11. The quantitative estimate of drug-likeness (QED) is 0.750. The summed E-state index contributed by atoms with van der Waals surface area (Å²) in [6, 6.07) is 15.5. The normalized spacial score (nSPS) is 16.0. The molecule has 0 aliphatic carbocycles. The summed E-state index contributed by atoms with van der Waals surface area (Å²) in [5.74, 6) is -0.243. The fraction of sp³-hybridized carbons (Fsp3) is 0.250. The van der Waals surface area contributed by atoms with Gasteiger partial charge in [-0.15, -0.1) is 5.10 Å². The molecule has 1 amide bonds. The molecule has 1 atom stereocenters. The minimum Gasteiger partial charge on any atom is -0.365 e. The highest BCUT2D eigenvalue weighted by atomic mass is 35.5. The summed E-state index contributed by atoms with van der Waals surface area (Å²) in [4.78, 5) is 12.6. The van der Waals surface area contributed by atoms with Gasteiger partial charge in [0.05, 0.1) is 18.8 Å². The van der Waals surface area contributed by atoms with Gasteiger partial charge in [0.2, 0.25) is 0 Å². The number of hydrogen-bond acceptors (Lipinski definition) is 4. The van der Waals surface area contributed by atoms with E-state index in [1.54, 1.807) is 4.68 Å². The third kappa shape index (κ3) is 3.72. The average molecular weight is 383 g/mol. The molecule has 2 aromatic carbocycles. The van der Waals surface area contributed by atoms with Crippen LogP contribution in [0.15, 0.2) is 48.5 Å². The van der Waals surface area contributed by atoms with Gasteiger partial charge in [-0.25, -0.2) is 4.68 Å². The molecule has 6 nitrogen and oxygen atoms in total. The van der Waals surface area contributed by atoms with Gasteiger partial charge in [-0.1, -0.05) is 53.2 Å². The molecular weight excluding hydrogens is 364 g/mol. The molecule has 138 valence electrons. The Balaban J connectivity index is 1.45. The summed E-state index contributed by atoms with van der Waals surface area (Å²) in [7, 11) is 0. The second kappa shape index (κ2) is 7.50. The Morgan fingerprint density at radius 2 is 2.04 bits per heavy atom. The van der Waals surface area contributed by atoms with E-state index in [4.69, 9.17) is 16.3 Å². The molecule has 27 heavy (non-hydrogen) atoms. The number of aromatic nitrogens is 3. The van der Waals surface area contributed by atoms with Crippen molar-refractivity contribution < 1.29 is 9.53 Å². The van der Waals surface area contributed by atoms with Crippen LogP contribution in [0, 0.1) is 6.92 Å². The lowest BCUT2D eigenvalue weighted by molar-refractivity contribution is -0.00177. The van der Waals surface area contributed by atoms with E-state index in [0.717, 1.165) is 16.7 Å². The van der Waals surface area contributed by atoms with E-state index in [1.165, 1.54) is 0 Å². The molecule has 4 rings (SSSR count). The predicted octanol–water partition coefficient (Wildman–Crippen LogP) is 3.44. The highest BCUT2D eigenvalue weighted by Gasteiger charge is 2.27. The van der Waals surface area contributed by atoms with E-state index < -0.39 is 0 Å². The highest BCUT2D eigenvalue weighted by molar-refractivity contribution is 6.30. The van der Waals surface area contributed by atoms with Crippen LogP contribution >= 0.6 is 11.6 Å². The van der Waals surface area contributed by atoms with Gasteiger partial charge in [-0.2, -0.15) is 0 Å². The van der Waals surface area contributed by atoms with Crippen LogP contribution in [0.4, 0.5) is 0 Å². The zero-order valence-corrected chi connectivity index (χ0v) is 15.6. The van der Waals surface area contributed by atoms with Crippen molar-refractivity contribution in [3.63, 3.8) is 0 Å². The van der Waals surface area contributed by atoms with Crippen LogP contribution in [0.2, 0.25) is 5.02 Å². The lowest BCUT2D eigenvalue weighted by Gasteiger charge is -2.24. The van der Waals surface area contributed by atoms with Crippen molar-refractivity contribution in [1.82, 2.24) is 20.3 Å². The molecule has 0 saturated carbocycles. The number of ether oxygens (including phenoxy) is 1. The second-order valence-corrected chi connectivity index (χ2v) is 6.96. The minimum absolute atomic E-state index is 0.139. The van der Waals surface area contributed by atoms with Crippen molar-refractivity contribution in [3.8, 4) is 0 Å². The van der Waals surface area contributed by atoms with Crippen molar-refractivity contribution in [2.24, 2.45) is 0 Å². The lowest BCUT2D eigenvalue weighted by Crippen LogP contribution is -2.27. The van der Waals surface area contributed by atoms with Crippen LogP contribution in [0.3, 0.4) is 0 Å². The molecule has 0 radical (unpaired) electrons. The predicted molar refractivity (Wildman–Crippen MR) is 101 cm³/mol. The SMILES string of the molecule is Cc1ccccc1CNC(=O)c1nnn2c1COC(c1ccc(Cl)cc1)C2. The lowest BCUT2D eigenvalue weighted by atomic mass is 10.1. The third-order valence-electron chi connectivity index (χ3n) is 4.76. The van der Waals surface area contributed by atoms with Crippen LogP contribution in [0.25, 0.3) is 0 Å². The number of carbonyl (C=O) groups excluding carboxylic acids is 1. The first-order chi connectivity index (χ1) is 13.1. The molecule has 1 aliphatic rings. The van der Waals surface area contributed by atoms with Gasteiger partial charge in [0.15, 0.2) is 5.69 Å². The monoisotopic (exact) mass is 382 g/mol. The first-order valence-electron chi connectivity index (χ1n) is 8.74. The summed E-state index contributed by atoms with van der Waals surface area (Å²) in [6.07, 6.45) is -0.139. The number of nitrogens with zero attached hydrogens (tertiary/aromatic N) is 3. The summed E-state index contributed by atoms with van der Waals surface area (Å²) in [6.45, 7) is 3.26. The van der Waals surface area contributed by atoms with Crippen LogP contribution in [0.1, 0.15) is 39.0 Å². The maximum Gasteiger partial charge on any atom is 0.274 e. The molecule has 2 heterocycles. The summed E-state index contributed by atoms with van der Waals surface area (Å²) in [5, 5.41) is 11.8. The van der Waals surface area contributed by atoms with E-state index in [2.05, 4.69) is 15.6 Å². The van der Waals surface area contributed by atoms with Crippen LogP contribution in [-0.2, 0) is 24.4 Å². The molecule has 1 unspecified atom stereocenters. The number of aryl methyl sites for hydroxylation is 1. The standard InChI is InChI=1S/C20H19ClN4O2/c1-13-4-2-3-5-15(13)10-22-20(26)19-17-12-27-18(11-25(17)24-23-19)14-6-8-16(21)9-7-14/h2-9,18H,10-12H2,1H3,(H,22,26). The van der Waals surface area contributed by atoms with Crippen molar-refractivity contribution >= 4 is 17.5 Å². The number of nitrogens with one attached hydrogen (secondary N) is 1. The first kappa shape index (κ1) is 17.7. The fourth-order valence-electron chi connectivity index (χ4n) is 3.13. The number of rotatable bonds is 4. The molecule has 3 aromatic rings. The molecule has 1 aliphatic heterocycles.